The third-order valence-electron chi connectivity index (χ3n) is 2.87. The highest BCUT2D eigenvalue weighted by molar-refractivity contribution is 14.1. The lowest BCUT2D eigenvalue weighted by Crippen LogP contribution is -2.15. The number of rotatable bonds is 2. The van der Waals surface area contributed by atoms with Gasteiger partial charge in [-0.25, -0.2) is 4.39 Å². The number of carbonyl (C=O) groups excluding carboxylic acids is 1. The fraction of sp³-hybridized carbons (Fsp3) is 0.133. The van der Waals surface area contributed by atoms with E-state index in [2.05, 4.69) is 27.9 Å². The van der Waals surface area contributed by atoms with Crippen molar-refractivity contribution in [2.45, 2.75) is 13.8 Å². The van der Waals surface area contributed by atoms with E-state index in [0.29, 0.717) is 11.3 Å². The van der Waals surface area contributed by atoms with Crippen LogP contribution in [0.2, 0.25) is 0 Å². The first-order valence-electron chi connectivity index (χ1n) is 5.81. The van der Waals surface area contributed by atoms with E-state index in [0.717, 1.165) is 9.13 Å². The van der Waals surface area contributed by atoms with Crippen molar-refractivity contribution < 1.29 is 9.18 Å². The van der Waals surface area contributed by atoms with E-state index in [1.54, 1.807) is 19.1 Å². The van der Waals surface area contributed by atoms with E-state index >= 15 is 0 Å². The Bertz CT molecular complexity index is 640. The Morgan fingerprint density at radius 1 is 1.16 bits per heavy atom. The number of aryl methyl sites for hydroxylation is 2. The van der Waals surface area contributed by atoms with Gasteiger partial charge >= 0.3 is 0 Å². The zero-order valence-corrected chi connectivity index (χ0v) is 12.8. The van der Waals surface area contributed by atoms with E-state index in [-0.39, 0.29) is 5.56 Å². The Labute approximate surface area is 125 Å². The predicted molar refractivity (Wildman–Crippen MR) is 83.0 cm³/mol. The summed E-state index contributed by atoms with van der Waals surface area (Å²) in [5, 5.41) is 2.74. The number of amides is 1. The van der Waals surface area contributed by atoms with Gasteiger partial charge in [-0.05, 0) is 71.8 Å². The van der Waals surface area contributed by atoms with Gasteiger partial charge in [-0.1, -0.05) is 12.1 Å². The lowest BCUT2D eigenvalue weighted by molar-refractivity contribution is 0.102. The fourth-order valence-electron chi connectivity index (χ4n) is 1.78. The van der Waals surface area contributed by atoms with Gasteiger partial charge < -0.3 is 5.32 Å². The van der Waals surface area contributed by atoms with Crippen molar-refractivity contribution in [3.8, 4) is 0 Å². The van der Waals surface area contributed by atoms with E-state index in [1.165, 1.54) is 6.07 Å². The molecule has 2 aromatic rings. The summed E-state index contributed by atoms with van der Waals surface area (Å²) in [6, 6.07) is 10.5. The molecule has 0 saturated carbocycles. The summed E-state index contributed by atoms with van der Waals surface area (Å²) in [4.78, 5) is 12.1. The van der Waals surface area contributed by atoms with Crippen LogP contribution in [0, 0.1) is 23.2 Å². The van der Waals surface area contributed by atoms with Gasteiger partial charge in [0.2, 0.25) is 0 Å². The smallest absolute Gasteiger partial charge is 0.258 e. The average molecular weight is 369 g/mol. The molecule has 0 saturated heterocycles. The number of hydrogen-bond acceptors (Lipinski definition) is 1. The summed E-state index contributed by atoms with van der Waals surface area (Å²) in [5.74, 6) is -0.895. The maximum Gasteiger partial charge on any atom is 0.258 e. The highest BCUT2D eigenvalue weighted by atomic mass is 127. The van der Waals surface area contributed by atoms with Gasteiger partial charge in [0, 0.05) is 9.26 Å². The molecular formula is C15H13FINO. The van der Waals surface area contributed by atoms with E-state index in [4.69, 9.17) is 0 Å². The van der Waals surface area contributed by atoms with Gasteiger partial charge in [0.1, 0.15) is 5.82 Å². The van der Waals surface area contributed by atoms with Crippen LogP contribution in [0.15, 0.2) is 36.4 Å². The Balaban J connectivity index is 2.28. The van der Waals surface area contributed by atoms with E-state index < -0.39 is 11.7 Å². The number of nitrogens with one attached hydrogen (secondary N) is 1. The van der Waals surface area contributed by atoms with Crippen molar-refractivity contribution in [2.24, 2.45) is 0 Å². The molecule has 4 heteroatoms. The highest BCUT2D eigenvalue weighted by Crippen LogP contribution is 2.20. The summed E-state index contributed by atoms with van der Waals surface area (Å²) >= 11 is 2.20. The van der Waals surface area contributed by atoms with E-state index in [9.17, 15) is 9.18 Å². The molecule has 0 fully saturated rings. The Hall–Kier alpha value is -1.43. The van der Waals surface area contributed by atoms with Crippen molar-refractivity contribution >= 4 is 34.2 Å². The van der Waals surface area contributed by atoms with Crippen molar-refractivity contribution in [1.29, 1.82) is 0 Å². The largest absolute Gasteiger partial charge is 0.322 e. The minimum absolute atomic E-state index is 0.0675. The topological polar surface area (TPSA) is 29.1 Å². The van der Waals surface area contributed by atoms with Crippen LogP contribution >= 0.6 is 22.6 Å². The van der Waals surface area contributed by atoms with Crippen LogP contribution in [0.3, 0.4) is 0 Å². The van der Waals surface area contributed by atoms with Gasteiger partial charge in [-0.2, -0.15) is 0 Å². The van der Waals surface area contributed by atoms with E-state index in [1.807, 2.05) is 25.1 Å². The second kappa shape index (κ2) is 5.69. The summed E-state index contributed by atoms with van der Waals surface area (Å²) < 4.78 is 14.9. The molecule has 0 unspecified atom stereocenters. The number of carbonyl (C=O) groups is 1. The molecule has 1 amide bonds. The Morgan fingerprint density at radius 3 is 2.58 bits per heavy atom. The number of halogens is 2. The minimum Gasteiger partial charge on any atom is -0.322 e. The molecule has 2 aromatic carbocycles. The normalized spacial score (nSPS) is 10.3. The molecule has 1 N–H and O–H groups in total. The second-order valence-electron chi connectivity index (χ2n) is 4.35. The summed E-state index contributed by atoms with van der Waals surface area (Å²) in [5.41, 5.74) is 2.18. The van der Waals surface area contributed by atoms with Crippen LogP contribution in [0.4, 0.5) is 10.1 Å². The minimum atomic E-state index is -0.469. The predicted octanol–water partition coefficient (Wildman–Crippen LogP) is 4.30. The number of benzene rings is 2. The first-order chi connectivity index (χ1) is 8.99. The third-order valence-corrected chi connectivity index (χ3v) is 3.54. The molecule has 0 atom stereocenters. The quantitative estimate of drug-likeness (QED) is 0.786. The average Bonchev–Trinajstić information content (AvgIpc) is 2.36. The van der Waals surface area contributed by atoms with Crippen LogP contribution in [0.5, 0.6) is 0 Å². The first kappa shape index (κ1) is 14.0. The third kappa shape index (κ3) is 3.12. The number of anilines is 1. The monoisotopic (exact) mass is 369 g/mol. The Kier molecular flexibility index (Phi) is 4.19. The molecule has 2 nitrogen and oxygen atoms in total. The van der Waals surface area contributed by atoms with Gasteiger partial charge in [-0.3, -0.25) is 4.79 Å². The molecule has 0 spiro atoms. The molecule has 2 rings (SSSR count). The van der Waals surface area contributed by atoms with Crippen molar-refractivity contribution in [3.63, 3.8) is 0 Å². The molecule has 0 radical (unpaired) electrons. The van der Waals surface area contributed by atoms with Gasteiger partial charge in [0.05, 0.1) is 5.56 Å². The molecule has 0 aliphatic heterocycles. The van der Waals surface area contributed by atoms with Crippen molar-refractivity contribution in [3.05, 3.63) is 62.5 Å². The summed E-state index contributed by atoms with van der Waals surface area (Å²) in [7, 11) is 0. The standard InChI is InChI=1S/C15H13FINO/c1-9-4-3-5-12(14(9)16)15(19)18-13-7-6-11(17)8-10(13)2/h3-8H,1-2H3,(H,18,19). The SMILES string of the molecule is Cc1cc(I)ccc1NC(=O)c1cccc(C)c1F. The van der Waals surface area contributed by atoms with Crippen LogP contribution in [-0.2, 0) is 0 Å². The molecule has 98 valence electrons. The lowest BCUT2D eigenvalue weighted by atomic mass is 10.1. The van der Waals surface area contributed by atoms with Crippen molar-refractivity contribution in [2.75, 3.05) is 5.32 Å². The highest BCUT2D eigenvalue weighted by Gasteiger charge is 2.13. The number of hydrogen-bond donors (Lipinski definition) is 1. The van der Waals surface area contributed by atoms with Crippen molar-refractivity contribution in [1.82, 2.24) is 0 Å². The maximum atomic E-state index is 13.9. The lowest BCUT2D eigenvalue weighted by Gasteiger charge is -2.10. The fourth-order valence-corrected chi connectivity index (χ4v) is 2.43. The molecule has 0 aliphatic carbocycles. The van der Waals surface area contributed by atoms with Crippen LogP contribution < -0.4 is 5.32 Å². The van der Waals surface area contributed by atoms with Gasteiger partial charge in [0.25, 0.3) is 5.91 Å². The van der Waals surface area contributed by atoms with Gasteiger partial charge in [0.15, 0.2) is 0 Å². The van der Waals surface area contributed by atoms with Crippen LogP contribution in [0.1, 0.15) is 21.5 Å². The van der Waals surface area contributed by atoms with Crippen LogP contribution in [-0.4, -0.2) is 5.91 Å². The molecule has 0 aliphatic rings. The second-order valence-corrected chi connectivity index (χ2v) is 5.60. The molecule has 0 aromatic heterocycles. The maximum absolute atomic E-state index is 13.9. The van der Waals surface area contributed by atoms with Gasteiger partial charge in [-0.15, -0.1) is 0 Å². The Morgan fingerprint density at radius 2 is 1.89 bits per heavy atom. The first-order valence-corrected chi connectivity index (χ1v) is 6.89. The molecule has 0 heterocycles. The zero-order chi connectivity index (χ0) is 14.0. The summed E-state index contributed by atoms with van der Waals surface area (Å²) in [6.45, 7) is 3.55. The molecule has 19 heavy (non-hydrogen) atoms. The summed E-state index contributed by atoms with van der Waals surface area (Å²) in [6.07, 6.45) is 0. The molecular weight excluding hydrogens is 356 g/mol. The van der Waals surface area contributed by atoms with Crippen LogP contribution in [0.25, 0.3) is 0 Å². The molecule has 0 bridgehead atoms. The zero-order valence-electron chi connectivity index (χ0n) is 10.6.